The van der Waals surface area contributed by atoms with Crippen LogP contribution in [-0.4, -0.2) is 80.3 Å². The van der Waals surface area contributed by atoms with E-state index in [2.05, 4.69) is 26.9 Å². The molecule has 1 aromatic heterocycles. The lowest BCUT2D eigenvalue weighted by molar-refractivity contribution is 0.0299. The van der Waals surface area contributed by atoms with Crippen molar-refractivity contribution < 1.29 is 18.7 Å². The van der Waals surface area contributed by atoms with Crippen LogP contribution in [0.5, 0.6) is 5.75 Å². The molecule has 2 aliphatic rings. The first kappa shape index (κ1) is 18.8. The highest BCUT2D eigenvalue weighted by atomic mass is 16.5. The minimum atomic E-state index is -0.0809. The topological polar surface area (TPSA) is 71.3 Å². The third-order valence-electron chi connectivity index (χ3n) is 5.24. The second kappa shape index (κ2) is 8.62. The maximum absolute atomic E-state index is 12.5. The molecule has 0 atom stereocenters. The second-order valence-electron chi connectivity index (χ2n) is 6.99. The van der Waals surface area contributed by atoms with Crippen molar-refractivity contribution in [2.75, 3.05) is 64.5 Å². The van der Waals surface area contributed by atoms with E-state index < -0.39 is 0 Å². The lowest BCUT2D eigenvalue weighted by Crippen LogP contribution is -2.46. The smallest absolute Gasteiger partial charge is 0.275 e. The standard InChI is InChI=1S/C20H26N4O4/c1-26-17-4-2-16(3-5-17)23-8-6-22(7-9-23)14-19-21-18(15-28-19)20(25)24-10-12-27-13-11-24/h2-5,15H,6-14H2,1H3. The predicted octanol–water partition coefficient (Wildman–Crippen LogP) is 1.48. The van der Waals surface area contributed by atoms with Gasteiger partial charge in [0.15, 0.2) is 5.69 Å². The van der Waals surface area contributed by atoms with E-state index in [0.29, 0.717) is 44.4 Å². The molecule has 8 heteroatoms. The van der Waals surface area contributed by atoms with Crippen molar-refractivity contribution in [1.82, 2.24) is 14.8 Å². The zero-order valence-corrected chi connectivity index (χ0v) is 16.2. The molecule has 1 aromatic carbocycles. The van der Waals surface area contributed by atoms with Gasteiger partial charge in [0, 0.05) is 45.0 Å². The molecular formula is C20H26N4O4. The lowest BCUT2D eigenvalue weighted by Gasteiger charge is -2.35. The van der Waals surface area contributed by atoms with Gasteiger partial charge >= 0.3 is 0 Å². The Hall–Kier alpha value is -2.58. The Bertz CT molecular complexity index is 778. The summed E-state index contributed by atoms with van der Waals surface area (Å²) in [6, 6.07) is 8.15. The quantitative estimate of drug-likeness (QED) is 0.771. The summed E-state index contributed by atoms with van der Waals surface area (Å²) < 4.78 is 16.1. The number of carbonyl (C=O) groups excluding carboxylic acids is 1. The van der Waals surface area contributed by atoms with Crippen LogP contribution in [0.2, 0.25) is 0 Å². The molecule has 3 heterocycles. The van der Waals surface area contributed by atoms with Gasteiger partial charge in [0.25, 0.3) is 5.91 Å². The Balaban J connectivity index is 1.29. The lowest BCUT2D eigenvalue weighted by atomic mass is 10.2. The molecule has 2 fully saturated rings. The number of rotatable bonds is 5. The van der Waals surface area contributed by atoms with Crippen molar-refractivity contribution in [3.05, 3.63) is 42.1 Å². The maximum Gasteiger partial charge on any atom is 0.275 e. The summed E-state index contributed by atoms with van der Waals surface area (Å²) in [7, 11) is 1.68. The van der Waals surface area contributed by atoms with Gasteiger partial charge < -0.3 is 23.7 Å². The van der Waals surface area contributed by atoms with Gasteiger partial charge in [0.05, 0.1) is 26.9 Å². The molecule has 1 amide bonds. The first-order valence-electron chi connectivity index (χ1n) is 9.66. The molecule has 2 saturated heterocycles. The van der Waals surface area contributed by atoms with E-state index in [-0.39, 0.29) is 5.91 Å². The number of methoxy groups -OCH3 is 1. The number of carbonyl (C=O) groups is 1. The summed E-state index contributed by atoms with van der Waals surface area (Å²) in [6.45, 7) is 6.70. The number of ether oxygens (including phenoxy) is 2. The molecule has 0 N–H and O–H groups in total. The van der Waals surface area contributed by atoms with Crippen molar-refractivity contribution >= 4 is 11.6 Å². The number of amides is 1. The molecule has 0 saturated carbocycles. The van der Waals surface area contributed by atoms with Gasteiger partial charge in [0.2, 0.25) is 5.89 Å². The number of oxazole rings is 1. The Labute approximate surface area is 164 Å². The molecule has 150 valence electrons. The van der Waals surface area contributed by atoms with Crippen LogP contribution >= 0.6 is 0 Å². The molecular weight excluding hydrogens is 360 g/mol. The Morgan fingerprint density at radius 3 is 2.46 bits per heavy atom. The average molecular weight is 386 g/mol. The van der Waals surface area contributed by atoms with Gasteiger partial charge in [-0.3, -0.25) is 9.69 Å². The highest BCUT2D eigenvalue weighted by Crippen LogP contribution is 2.21. The van der Waals surface area contributed by atoms with Crippen molar-refractivity contribution in [3.8, 4) is 5.75 Å². The third kappa shape index (κ3) is 4.28. The summed E-state index contributed by atoms with van der Waals surface area (Å²) >= 11 is 0. The summed E-state index contributed by atoms with van der Waals surface area (Å²) in [5, 5.41) is 0. The average Bonchev–Trinajstić information content (AvgIpc) is 3.23. The molecule has 2 aromatic rings. The van der Waals surface area contributed by atoms with E-state index in [4.69, 9.17) is 13.9 Å². The van der Waals surface area contributed by atoms with Crippen LogP contribution in [0.1, 0.15) is 16.4 Å². The number of benzene rings is 1. The van der Waals surface area contributed by atoms with E-state index in [0.717, 1.165) is 31.9 Å². The number of anilines is 1. The second-order valence-corrected chi connectivity index (χ2v) is 6.99. The predicted molar refractivity (Wildman–Crippen MR) is 104 cm³/mol. The van der Waals surface area contributed by atoms with Crippen LogP contribution < -0.4 is 9.64 Å². The number of aromatic nitrogens is 1. The fourth-order valence-corrected chi connectivity index (χ4v) is 3.56. The van der Waals surface area contributed by atoms with E-state index in [1.807, 2.05) is 12.1 Å². The molecule has 0 spiro atoms. The van der Waals surface area contributed by atoms with E-state index in [9.17, 15) is 4.79 Å². The molecule has 0 radical (unpaired) electrons. The maximum atomic E-state index is 12.5. The first-order valence-corrected chi connectivity index (χ1v) is 9.66. The summed E-state index contributed by atoms with van der Waals surface area (Å²) in [5.74, 6) is 1.38. The summed E-state index contributed by atoms with van der Waals surface area (Å²) in [6.07, 6.45) is 1.47. The molecule has 4 rings (SSSR count). The van der Waals surface area contributed by atoms with Gasteiger partial charge in [-0.2, -0.15) is 0 Å². The third-order valence-corrected chi connectivity index (χ3v) is 5.24. The molecule has 28 heavy (non-hydrogen) atoms. The minimum Gasteiger partial charge on any atom is -0.497 e. The highest BCUT2D eigenvalue weighted by molar-refractivity contribution is 5.92. The van der Waals surface area contributed by atoms with Gasteiger partial charge in [-0.1, -0.05) is 0 Å². The largest absolute Gasteiger partial charge is 0.497 e. The van der Waals surface area contributed by atoms with Crippen LogP contribution in [0.25, 0.3) is 0 Å². The van der Waals surface area contributed by atoms with Crippen molar-refractivity contribution in [3.63, 3.8) is 0 Å². The molecule has 2 aliphatic heterocycles. The Kier molecular flexibility index (Phi) is 5.78. The summed E-state index contributed by atoms with van der Waals surface area (Å²) in [5.41, 5.74) is 1.59. The normalized spacial score (nSPS) is 18.3. The monoisotopic (exact) mass is 386 g/mol. The van der Waals surface area contributed by atoms with Crippen LogP contribution in [0.4, 0.5) is 5.69 Å². The van der Waals surface area contributed by atoms with Gasteiger partial charge in [-0.25, -0.2) is 4.98 Å². The zero-order valence-electron chi connectivity index (χ0n) is 16.2. The molecule has 8 nitrogen and oxygen atoms in total. The van der Waals surface area contributed by atoms with Gasteiger partial charge in [0.1, 0.15) is 12.0 Å². The van der Waals surface area contributed by atoms with Crippen LogP contribution in [0.15, 0.2) is 34.9 Å². The molecule has 0 unspecified atom stereocenters. The van der Waals surface area contributed by atoms with Gasteiger partial charge in [-0.05, 0) is 24.3 Å². The van der Waals surface area contributed by atoms with Crippen molar-refractivity contribution in [2.24, 2.45) is 0 Å². The molecule has 0 bridgehead atoms. The van der Waals surface area contributed by atoms with E-state index in [1.54, 1.807) is 12.0 Å². The highest BCUT2D eigenvalue weighted by Gasteiger charge is 2.23. The fourth-order valence-electron chi connectivity index (χ4n) is 3.56. The fraction of sp³-hybridized carbons (Fsp3) is 0.500. The van der Waals surface area contributed by atoms with Crippen LogP contribution in [0, 0.1) is 0 Å². The van der Waals surface area contributed by atoms with E-state index >= 15 is 0 Å². The number of morpholine rings is 1. The summed E-state index contributed by atoms with van der Waals surface area (Å²) in [4.78, 5) is 23.3. The zero-order chi connectivity index (χ0) is 19.3. The number of piperazine rings is 1. The van der Waals surface area contributed by atoms with Crippen molar-refractivity contribution in [2.45, 2.75) is 6.54 Å². The van der Waals surface area contributed by atoms with Crippen LogP contribution in [-0.2, 0) is 11.3 Å². The number of hydrogen-bond acceptors (Lipinski definition) is 7. The number of hydrogen-bond donors (Lipinski definition) is 0. The Morgan fingerprint density at radius 1 is 1.07 bits per heavy atom. The Morgan fingerprint density at radius 2 is 1.79 bits per heavy atom. The van der Waals surface area contributed by atoms with E-state index in [1.165, 1.54) is 12.0 Å². The van der Waals surface area contributed by atoms with Gasteiger partial charge in [-0.15, -0.1) is 0 Å². The molecule has 0 aliphatic carbocycles. The number of nitrogens with zero attached hydrogens (tertiary/aromatic N) is 4. The van der Waals surface area contributed by atoms with Crippen LogP contribution in [0.3, 0.4) is 0 Å². The minimum absolute atomic E-state index is 0.0809. The van der Waals surface area contributed by atoms with Crippen molar-refractivity contribution in [1.29, 1.82) is 0 Å². The first-order chi connectivity index (χ1) is 13.7. The SMILES string of the molecule is COc1ccc(N2CCN(Cc3nc(C(=O)N4CCOCC4)co3)CC2)cc1.